The molecule has 0 aliphatic heterocycles. The van der Waals surface area contributed by atoms with Gasteiger partial charge in [-0.3, -0.25) is 0 Å². The predicted molar refractivity (Wildman–Crippen MR) is 39.5 cm³/mol. The minimum absolute atomic E-state index is 0.134. The number of primary sulfonamides is 1. The fourth-order valence-corrected chi connectivity index (χ4v) is 1.79. The van der Waals surface area contributed by atoms with Gasteiger partial charge < -0.3 is 0 Å². The molecule has 2 N–H and O–H groups in total. The summed E-state index contributed by atoms with van der Waals surface area (Å²) in [4.78, 5) is 0.587. The standard InChI is InChI=1S/C2H4BN3O2S2/c3-1-5-6-2(9-1)10(4,7)8/h3H2,(H2,4,7,8). The SMILES string of the molecule is Bc1nnc(S(N)(=O)=O)s1. The van der Waals surface area contributed by atoms with Crippen molar-refractivity contribution in [3.8, 4) is 0 Å². The minimum Gasteiger partial charge on any atom is -0.223 e. The number of nitrogens with zero attached hydrogens (tertiary/aromatic N) is 2. The van der Waals surface area contributed by atoms with E-state index in [0.29, 0.717) is 4.91 Å². The Bertz CT molecular complexity index is 330. The molecule has 0 aliphatic carbocycles. The van der Waals surface area contributed by atoms with Gasteiger partial charge in [-0.05, 0) is 0 Å². The number of hydrogen-bond acceptors (Lipinski definition) is 5. The van der Waals surface area contributed by atoms with Crippen LogP contribution >= 0.6 is 11.3 Å². The van der Waals surface area contributed by atoms with E-state index < -0.39 is 10.0 Å². The highest BCUT2D eigenvalue weighted by molar-refractivity contribution is 7.91. The monoisotopic (exact) mass is 177 g/mol. The topological polar surface area (TPSA) is 85.9 Å². The maximum absolute atomic E-state index is 10.5. The van der Waals surface area contributed by atoms with Crippen LogP contribution in [0.15, 0.2) is 4.34 Å². The second kappa shape index (κ2) is 2.29. The second-order valence-corrected chi connectivity index (χ2v) is 4.55. The lowest BCUT2D eigenvalue weighted by Crippen LogP contribution is -2.11. The molecule has 5 nitrogen and oxygen atoms in total. The average molecular weight is 177 g/mol. The van der Waals surface area contributed by atoms with Gasteiger partial charge in [-0.15, -0.1) is 5.10 Å². The zero-order valence-corrected chi connectivity index (χ0v) is 6.74. The van der Waals surface area contributed by atoms with Crippen molar-refractivity contribution in [1.82, 2.24) is 10.2 Å². The summed E-state index contributed by atoms with van der Waals surface area (Å²) in [5.74, 6) is 0. The molecule has 0 saturated heterocycles. The highest BCUT2D eigenvalue weighted by Gasteiger charge is 2.12. The summed E-state index contributed by atoms with van der Waals surface area (Å²) < 4.78 is 20.9. The predicted octanol–water partition coefficient (Wildman–Crippen LogP) is -2.56. The molecule has 0 atom stereocenters. The Morgan fingerprint density at radius 3 is 2.30 bits per heavy atom. The maximum atomic E-state index is 10.5. The molecule has 0 unspecified atom stereocenters. The molecular formula is C2H4BN3O2S2. The summed E-state index contributed by atoms with van der Waals surface area (Å²) in [5, 5.41) is 11.6. The van der Waals surface area contributed by atoms with E-state index in [2.05, 4.69) is 10.2 Å². The van der Waals surface area contributed by atoms with Crippen LogP contribution in [0.1, 0.15) is 0 Å². The third-order valence-corrected chi connectivity index (χ3v) is 2.90. The van der Waals surface area contributed by atoms with Gasteiger partial charge in [0.2, 0.25) is 4.34 Å². The first-order valence-corrected chi connectivity index (χ1v) is 4.69. The lowest BCUT2D eigenvalue weighted by molar-refractivity contribution is 0.596. The molecule has 0 aliphatic rings. The van der Waals surface area contributed by atoms with Crippen molar-refractivity contribution in [3.05, 3.63) is 0 Å². The van der Waals surface area contributed by atoms with Crippen molar-refractivity contribution in [2.45, 2.75) is 4.34 Å². The summed E-state index contributed by atoms with van der Waals surface area (Å²) >= 11 is 0.959. The molecule has 8 heteroatoms. The molecule has 1 heterocycles. The second-order valence-electron chi connectivity index (χ2n) is 1.63. The van der Waals surface area contributed by atoms with Gasteiger partial charge in [-0.1, -0.05) is 11.3 Å². The molecule has 1 rings (SSSR count). The van der Waals surface area contributed by atoms with E-state index in [1.807, 2.05) is 0 Å². The van der Waals surface area contributed by atoms with E-state index >= 15 is 0 Å². The average Bonchev–Trinajstić information content (AvgIpc) is 2.11. The van der Waals surface area contributed by atoms with Crippen molar-refractivity contribution in [3.63, 3.8) is 0 Å². The smallest absolute Gasteiger partial charge is 0.223 e. The molecule has 1 aromatic rings. The fourth-order valence-electron chi connectivity index (χ4n) is 0.393. The van der Waals surface area contributed by atoms with E-state index in [1.54, 1.807) is 7.85 Å². The van der Waals surface area contributed by atoms with Crippen LogP contribution in [-0.2, 0) is 10.0 Å². The zero-order valence-electron chi connectivity index (χ0n) is 5.10. The largest absolute Gasteiger partial charge is 0.267 e. The molecule has 0 saturated carbocycles. The van der Waals surface area contributed by atoms with E-state index in [-0.39, 0.29) is 4.34 Å². The molecule has 0 aromatic carbocycles. The molecule has 54 valence electrons. The highest BCUT2D eigenvalue weighted by atomic mass is 32.2. The first kappa shape index (κ1) is 7.64. The Balaban J connectivity index is 3.21. The van der Waals surface area contributed by atoms with Gasteiger partial charge in [-0.2, -0.15) is 5.10 Å². The molecule has 0 amide bonds. The fraction of sp³-hybridized carbons (Fsp3) is 0. The zero-order chi connectivity index (χ0) is 7.78. The maximum Gasteiger partial charge on any atom is 0.267 e. The summed E-state index contributed by atoms with van der Waals surface area (Å²) in [6.07, 6.45) is 0. The van der Waals surface area contributed by atoms with E-state index in [9.17, 15) is 8.42 Å². The van der Waals surface area contributed by atoms with Crippen molar-refractivity contribution in [2.24, 2.45) is 5.14 Å². The van der Waals surface area contributed by atoms with Crippen LogP contribution in [0.3, 0.4) is 0 Å². The number of nitrogens with two attached hydrogens (primary N) is 1. The lowest BCUT2D eigenvalue weighted by Gasteiger charge is -1.83. The van der Waals surface area contributed by atoms with Gasteiger partial charge in [-0.25, -0.2) is 13.6 Å². The molecule has 0 spiro atoms. The number of aromatic nitrogens is 2. The Labute approximate surface area is 62.7 Å². The van der Waals surface area contributed by atoms with Crippen LogP contribution in [0.5, 0.6) is 0 Å². The van der Waals surface area contributed by atoms with Crippen molar-refractivity contribution in [1.29, 1.82) is 0 Å². The quantitative estimate of drug-likeness (QED) is 0.478. The molecule has 0 fully saturated rings. The summed E-state index contributed by atoms with van der Waals surface area (Å²) in [6, 6.07) is 0. The number of rotatable bonds is 1. The van der Waals surface area contributed by atoms with Crippen molar-refractivity contribution in [2.75, 3.05) is 0 Å². The first-order valence-electron chi connectivity index (χ1n) is 2.33. The van der Waals surface area contributed by atoms with Gasteiger partial charge >= 0.3 is 0 Å². The minimum atomic E-state index is -3.64. The van der Waals surface area contributed by atoms with Gasteiger partial charge in [0.1, 0.15) is 0 Å². The Morgan fingerprint density at radius 1 is 1.50 bits per heavy atom. The van der Waals surface area contributed by atoms with Crippen LogP contribution in [-0.4, -0.2) is 26.5 Å². The van der Waals surface area contributed by atoms with Gasteiger partial charge in [0.05, 0.1) is 4.91 Å². The van der Waals surface area contributed by atoms with Gasteiger partial charge in [0, 0.05) is 0 Å². The number of hydrogen-bond donors (Lipinski definition) is 1. The Hall–Kier alpha value is -0.465. The third kappa shape index (κ3) is 1.52. The normalized spacial score (nSPS) is 11.7. The van der Waals surface area contributed by atoms with E-state index in [0.717, 1.165) is 11.3 Å². The molecule has 10 heavy (non-hydrogen) atoms. The Kier molecular flexibility index (Phi) is 1.75. The summed E-state index contributed by atoms with van der Waals surface area (Å²) in [5.41, 5.74) is 0. The lowest BCUT2D eigenvalue weighted by atomic mass is 10.2. The van der Waals surface area contributed by atoms with Crippen LogP contribution in [0.25, 0.3) is 0 Å². The van der Waals surface area contributed by atoms with Crippen LogP contribution < -0.4 is 10.0 Å². The van der Waals surface area contributed by atoms with Gasteiger partial charge in [0.15, 0.2) is 7.85 Å². The van der Waals surface area contributed by atoms with Crippen molar-refractivity contribution < 1.29 is 8.42 Å². The third-order valence-electron chi connectivity index (χ3n) is 0.751. The molecule has 0 bridgehead atoms. The number of sulfonamides is 1. The molecular weight excluding hydrogens is 173 g/mol. The van der Waals surface area contributed by atoms with Crippen LogP contribution in [0.2, 0.25) is 0 Å². The summed E-state index contributed by atoms with van der Waals surface area (Å²) in [6.45, 7) is 0. The first-order chi connectivity index (χ1) is 4.50. The van der Waals surface area contributed by atoms with Crippen molar-refractivity contribution >= 4 is 34.1 Å². The highest BCUT2D eigenvalue weighted by Crippen LogP contribution is 2.03. The van der Waals surface area contributed by atoms with Crippen LogP contribution in [0.4, 0.5) is 0 Å². The summed E-state index contributed by atoms with van der Waals surface area (Å²) in [7, 11) is -1.98. The Morgan fingerprint density at radius 2 is 2.10 bits per heavy atom. The van der Waals surface area contributed by atoms with Crippen LogP contribution in [0, 0.1) is 0 Å². The molecule has 1 aromatic heterocycles. The molecule has 0 radical (unpaired) electrons. The van der Waals surface area contributed by atoms with Gasteiger partial charge in [0.25, 0.3) is 10.0 Å². The van der Waals surface area contributed by atoms with E-state index in [4.69, 9.17) is 5.14 Å². The van der Waals surface area contributed by atoms with E-state index in [1.165, 1.54) is 0 Å².